The van der Waals surface area contributed by atoms with Crippen molar-refractivity contribution in [3.8, 4) is 0 Å². The summed E-state index contributed by atoms with van der Waals surface area (Å²) in [6.45, 7) is 7.84. The SMILES string of the molecule is CC(=O)N(CCCCN1CCc2sc3ccccc3c2C1)c1ccccc1C. The highest BCUT2D eigenvalue weighted by Crippen LogP contribution is 2.35. The van der Waals surface area contributed by atoms with E-state index in [4.69, 9.17) is 0 Å². The first-order valence-electron chi connectivity index (χ1n) is 10.2. The van der Waals surface area contributed by atoms with Crippen molar-refractivity contribution in [1.82, 2.24) is 4.90 Å². The first-order valence-corrected chi connectivity index (χ1v) is 11.0. The maximum atomic E-state index is 12.1. The number of anilines is 1. The predicted molar refractivity (Wildman–Crippen MR) is 119 cm³/mol. The van der Waals surface area contributed by atoms with Crippen molar-refractivity contribution >= 4 is 33.0 Å². The molecule has 0 bridgehead atoms. The van der Waals surface area contributed by atoms with Crippen molar-refractivity contribution in [1.29, 1.82) is 0 Å². The van der Waals surface area contributed by atoms with Crippen LogP contribution in [0.25, 0.3) is 10.1 Å². The number of amides is 1. The Hall–Kier alpha value is -2.17. The smallest absolute Gasteiger partial charge is 0.223 e. The molecule has 0 saturated heterocycles. The van der Waals surface area contributed by atoms with Gasteiger partial charge >= 0.3 is 0 Å². The lowest BCUT2D eigenvalue weighted by atomic mass is 10.0. The van der Waals surface area contributed by atoms with Crippen LogP contribution >= 0.6 is 11.3 Å². The monoisotopic (exact) mass is 392 g/mol. The summed E-state index contributed by atoms with van der Waals surface area (Å²) >= 11 is 1.97. The molecule has 3 nitrogen and oxygen atoms in total. The molecule has 2 heterocycles. The van der Waals surface area contributed by atoms with Gasteiger partial charge in [-0.2, -0.15) is 0 Å². The third kappa shape index (κ3) is 3.98. The number of carbonyl (C=O) groups is 1. The topological polar surface area (TPSA) is 23.6 Å². The van der Waals surface area contributed by atoms with Crippen molar-refractivity contribution in [3.63, 3.8) is 0 Å². The van der Waals surface area contributed by atoms with Crippen LogP contribution in [0, 0.1) is 6.92 Å². The number of thiophene rings is 1. The summed E-state index contributed by atoms with van der Waals surface area (Å²) in [5.41, 5.74) is 3.74. The zero-order chi connectivity index (χ0) is 19.5. The number of rotatable bonds is 6. The van der Waals surface area contributed by atoms with Crippen LogP contribution in [0.5, 0.6) is 0 Å². The lowest BCUT2D eigenvalue weighted by Crippen LogP contribution is -2.33. The van der Waals surface area contributed by atoms with Crippen LogP contribution in [0.1, 0.15) is 35.8 Å². The zero-order valence-corrected chi connectivity index (χ0v) is 17.6. The van der Waals surface area contributed by atoms with E-state index in [2.05, 4.69) is 42.2 Å². The molecule has 0 atom stereocenters. The van der Waals surface area contributed by atoms with Crippen LogP contribution in [0.4, 0.5) is 5.69 Å². The summed E-state index contributed by atoms with van der Waals surface area (Å²) in [6.07, 6.45) is 3.31. The molecule has 0 spiro atoms. The molecule has 4 rings (SSSR count). The van der Waals surface area contributed by atoms with Gasteiger partial charge in [0.05, 0.1) is 0 Å². The average molecular weight is 393 g/mol. The normalized spacial score (nSPS) is 14.2. The zero-order valence-electron chi connectivity index (χ0n) is 16.8. The van der Waals surface area contributed by atoms with Gasteiger partial charge in [-0.1, -0.05) is 36.4 Å². The molecule has 2 aromatic carbocycles. The van der Waals surface area contributed by atoms with Crippen molar-refractivity contribution in [2.75, 3.05) is 24.5 Å². The van der Waals surface area contributed by atoms with E-state index >= 15 is 0 Å². The molecular formula is C24H28N2OS. The predicted octanol–water partition coefficient (Wildman–Crippen LogP) is 5.40. The van der Waals surface area contributed by atoms with E-state index in [1.165, 1.54) is 15.6 Å². The quantitative estimate of drug-likeness (QED) is 0.524. The van der Waals surface area contributed by atoms with E-state index in [-0.39, 0.29) is 5.91 Å². The molecule has 1 aromatic heterocycles. The molecule has 1 aliphatic heterocycles. The fourth-order valence-electron chi connectivity index (χ4n) is 4.20. The Kier molecular flexibility index (Phi) is 5.79. The Labute approximate surface area is 171 Å². The average Bonchev–Trinajstić information content (AvgIpc) is 3.07. The lowest BCUT2D eigenvalue weighted by molar-refractivity contribution is -0.116. The van der Waals surface area contributed by atoms with Crippen LogP contribution in [-0.2, 0) is 17.8 Å². The van der Waals surface area contributed by atoms with Crippen LogP contribution in [-0.4, -0.2) is 30.4 Å². The summed E-state index contributed by atoms with van der Waals surface area (Å²) in [5.74, 6) is 0.127. The summed E-state index contributed by atoms with van der Waals surface area (Å²) in [5, 5.41) is 1.44. The first kappa shape index (κ1) is 19.2. The minimum absolute atomic E-state index is 0.127. The highest BCUT2D eigenvalue weighted by molar-refractivity contribution is 7.19. The number of para-hydroxylation sites is 1. The highest BCUT2D eigenvalue weighted by Gasteiger charge is 2.20. The molecule has 0 aliphatic carbocycles. The van der Waals surface area contributed by atoms with Crippen LogP contribution in [0.2, 0.25) is 0 Å². The molecular weight excluding hydrogens is 364 g/mol. The summed E-state index contributed by atoms with van der Waals surface area (Å²) in [6, 6.07) is 16.9. The Morgan fingerprint density at radius 2 is 1.89 bits per heavy atom. The number of benzene rings is 2. The fourth-order valence-corrected chi connectivity index (χ4v) is 5.40. The number of nitrogens with zero attached hydrogens (tertiary/aromatic N) is 2. The van der Waals surface area contributed by atoms with Gasteiger partial charge in [-0.25, -0.2) is 0 Å². The van der Waals surface area contributed by atoms with Gasteiger partial charge in [0, 0.05) is 41.8 Å². The van der Waals surface area contributed by atoms with E-state index in [0.717, 1.165) is 56.7 Å². The van der Waals surface area contributed by atoms with Gasteiger partial charge in [0.1, 0.15) is 0 Å². The minimum Gasteiger partial charge on any atom is -0.312 e. The number of hydrogen-bond acceptors (Lipinski definition) is 3. The third-order valence-corrected chi connectivity index (χ3v) is 6.98. The van der Waals surface area contributed by atoms with E-state index in [9.17, 15) is 4.79 Å². The second-order valence-corrected chi connectivity index (χ2v) is 8.83. The number of carbonyl (C=O) groups excluding carboxylic acids is 1. The standard InChI is InChI=1S/C24H28N2OS/c1-18-9-3-5-11-22(18)26(19(2)27)15-8-7-14-25-16-13-24-21(17-25)20-10-4-6-12-23(20)28-24/h3-6,9-12H,7-8,13-17H2,1-2H3. The molecule has 28 heavy (non-hydrogen) atoms. The van der Waals surface area contributed by atoms with E-state index in [0.29, 0.717) is 0 Å². The van der Waals surface area contributed by atoms with Crippen LogP contribution in [0.15, 0.2) is 48.5 Å². The largest absolute Gasteiger partial charge is 0.312 e. The van der Waals surface area contributed by atoms with Crippen LogP contribution in [0.3, 0.4) is 0 Å². The lowest BCUT2D eigenvalue weighted by Gasteiger charge is -2.28. The summed E-state index contributed by atoms with van der Waals surface area (Å²) in [4.78, 5) is 18.2. The molecule has 3 aromatic rings. The van der Waals surface area contributed by atoms with Gasteiger partial charge < -0.3 is 4.90 Å². The fraction of sp³-hybridized carbons (Fsp3) is 0.375. The number of hydrogen-bond donors (Lipinski definition) is 0. The van der Waals surface area contributed by atoms with Gasteiger partial charge in [-0.3, -0.25) is 9.69 Å². The molecule has 1 aliphatic rings. The number of unbranched alkanes of at least 4 members (excludes halogenated alkanes) is 1. The summed E-state index contributed by atoms with van der Waals surface area (Å²) in [7, 11) is 0. The Bertz CT molecular complexity index is 978. The van der Waals surface area contributed by atoms with E-state index < -0.39 is 0 Å². The third-order valence-electron chi connectivity index (χ3n) is 5.71. The van der Waals surface area contributed by atoms with Crippen molar-refractivity contribution in [2.24, 2.45) is 0 Å². The molecule has 146 valence electrons. The van der Waals surface area contributed by atoms with Gasteiger partial charge in [0.15, 0.2) is 0 Å². The molecule has 1 amide bonds. The molecule has 0 fully saturated rings. The van der Waals surface area contributed by atoms with Crippen molar-refractivity contribution < 1.29 is 4.79 Å². The molecule has 0 saturated carbocycles. The Morgan fingerprint density at radius 1 is 1.11 bits per heavy atom. The second-order valence-electron chi connectivity index (χ2n) is 7.69. The number of aryl methyl sites for hydroxylation is 1. The van der Waals surface area contributed by atoms with Gasteiger partial charge in [-0.15, -0.1) is 11.3 Å². The van der Waals surface area contributed by atoms with Gasteiger partial charge in [-0.05, 0) is 61.4 Å². The van der Waals surface area contributed by atoms with Crippen molar-refractivity contribution in [2.45, 2.75) is 39.7 Å². The van der Waals surface area contributed by atoms with Gasteiger partial charge in [0.2, 0.25) is 5.91 Å². The van der Waals surface area contributed by atoms with E-state index in [1.807, 2.05) is 34.4 Å². The first-order chi connectivity index (χ1) is 13.6. The molecule has 4 heteroatoms. The molecule has 0 radical (unpaired) electrons. The second kappa shape index (κ2) is 8.46. The van der Waals surface area contributed by atoms with Crippen LogP contribution < -0.4 is 4.90 Å². The molecule has 0 N–H and O–H groups in total. The van der Waals surface area contributed by atoms with E-state index in [1.54, 1.807) is 11.8 Å². The maximum absolute atomic E-state index is 12.1. The van der Waals surface area contributed by atoms with Crippen molar-refractivity contribution in [3.05, 3.63) is 64.5 Å². The summed E-state index contributed by atoms with van der Waals surface area (Å²) < 4.78 is 1.42. The number of fused-ring (bicyclic) bond motifs is 3. The van der Waals surface area contributed by atoms with Gasteiger partial charge in [0.25, 0.3) is 0 Å². The maximum Gasteiger partial charge on any atom is 0.223 e. The highest BCUT2D eigenvalue weighted by atomic mass is 32.1. The Balaban J connectivity index is 1.33. The molecule has 0 unspecified atom stereocenters. The Morgan fingerprint density at radius 3 is 2.71 bits per heavy atom. The minimum atomic E-state index is 0.127.